The number of alkyl halides is 6. The third-order valence-corrected chi connectivity index (χ3v) is 26.9. The molecule has 608 valence electrons. The number of para-hydroxylation sites is 3. The Labute approximate surface area is 684 Å². The summed E-state index contributed by atoms with van der Waals surface area (Å²) in [6.07, 6.45) is -0.216. The SMILES string of the molecule is C.C.Cc1nnc2n1-c1c(cc(F)c(-c3cccc4c(C(F)(F)F)c[nH]c34)c1F)NC2(C)C.Cc1nnc2n1-c1c(cc(F)c(-c3cccc4c(I)c[nH]c34)c1F)NC2(C)C.Cc1nnc2n1-c1c(cc(F)c(-c3cccc4cc[nH]c34)c1F)NC2(C)C.II.O=S(=O)(C(O)S(F)(F)(F)(c1ccccc1)c1ccccc1)C(F)(F)F. The van der Waals surface area contributed by atoms with Gasteiger partial charge in [-0.25, -0.2) is 34.8 Å². The molecule has 0 spiro atoms. The molecule has 0 aliphatic carbocycles. The minimum Gasteiger partial charge on any atom is -0.371 e. The summed E-state index contributed by atoms with van der Waals surface area (Å²) < 4.78 is 242. The van der Waals surface area contributed by atoms with Crippen LogP contribution in [-0.4, -0.2) is 83.0 Å². The van der Waals surface area contributed by atoms with Gasteiger partial charge in [0, 0.05) is 105 Å². The van der Waals surface area contributed by atoms with Crippen LogP contribution in [0.3, 0.4) is 0 Å². The molecular formula is C77H69F15I3N15O3S2. The van der Waals surface area contributed by atoms with E-state index in [1.807, 2.05) is 58.2 Å². The number of H-pyrrole nitrogens is 3. The second kappa shape index (κ2) is 30.0. The predicted molar refractivity (Wildman–Crippen MR) is 440 cm³/mol. The maximum absolute atomic E-state index is 15.9. The van der Waals surface area contributed by atoms with E-state index in [4.69, 9.17) is 0 Å². The van der Waals surface area contributed by atoms with Crippen LogP contribution < -0.4 is 16.0 Å². The molecule has 0 saturated heterocycles. The number of hydrogen-bond donors (Lipinski definition) is 7. The van der Waals surface area contributed by atoms with Crippen LogP contribution in [0.4, 0.5) is 81.4 Å². The molecule has 17 rings (SSSR count). The van der Waals surface area contributed by atoms with Gasteiger partial charge in [0.2, 0.25) is 0 Å². The average Bonchev–Trinajstić information content (AvgIpc) is 1.54. The lowest BCUT2D eigenvalue weighted by molar-refractivity contribution is -0.136. The average molecular weight is 1980 g/mol. The number of aromatic nitrogens is 12. The number of hydrogen-bond acceptors (Lipinski definition) is 12. The number of nitrogens with zero attached hydrogens (tertiary/aromatic N) is 9. The summed E-state index contributed by atoms with van der Waals surface area (Å²) >= 11 is 6.44. The van der Waals surface area contributed by atoms with E-state index in [0.29, 0.717) is 92.7 Å². The molecule has 7 N–H and O–H groups in total. The van der Waals surface area contributed by atoms with Crippen LogP contribution in [-0.2, 0) is 32.6 Å². The Kier molecular flexibility index (Phi) is 22.5. The molecule has 8 aromatic carbocycles. The summed E-state index contributed by atoms with van der Waals surface area (Å²) in [4.78, 5) is 5.47. The number of aryl methyl sites for hydroxylation is 3. The van der Waals surface area contributed by atoms with Crippen molar-refractivity contribution in [2.24, 2.45) is 0 Å². The first-order valence-electron chi connectivity index (χ1n) is 33.5. The van der Waals surface area contributed by atoms with Crippen molar-refractivity contribution in [2.75, 3.05) is 16.0 Å². The number of anilines is 3. The lowest BCUT2D eigenvalue weighted by atomic mass is 9.95. The van der Waals surface area contributed by atoms with Crippen molar-refractivity contribution in [3.63, 3.8) is 0 Å². The highest BCUT2D eigenvalue weighted by Gasteiger charge is 2.78. The van der Waals surface area contributed by atoms with Crippen LogP contribution in [0, 0.1) is 59.2 Å². The molecule has 0 bridgehead atoms. The molecule has 0 saturated carbocycles. The summed E-state index contributed by atoms with van der Waals surface area (Å²) in [5.74, 6) is -1.22. The fraction of sp³-hybridized carbons (Fsp3) is 0.221. The van der Waals surface area contributed by atoms with Crippen molar-refractivity contribution in [3.05, 3.63) is 237 Å². The fourth-order valence-corrected chi connectivity index (χ4v) is 20.5. The largest absolute Gasteiger partial charge is 0.501 e. The van der Waals surface area contributed by atoms with Crippen LogP contribution in [0.2, 0.25) is 0 Å². The van der Waals surface area contributed by atoms with Crippen molar-refractivity contribution >= 4 is 129 Å². The van der Waals surface area contributed by atoms with Gasteiger partial charge in [-0.1, -0.05) is 106 Å². The van der Waals surface area contributed by atoms with E-state index in [9.17, 15) is 39.9 Å². The minimum atomic E-state index is -9.07. The Balaban J connectivity index is 0.000000149. The van der Waals surface area contributed by atoms with Gasteiger partial charge in [-0.15, -0.1) is 42.2 Å². The molecule has 38 heteroatoms. The summed E-state index contributed by atoms with van der Waals surface area (Å²) in [5.41, 5.74) is -5.88. The standard InChI is InChI=1S/C21H16F5N5.C20H16F2IN5.C20H17F2N5.C14H12F6O3S2.2CH4.I2/c1-9-29-30-19-20(2,3)28-14-7-13(22)15(16(23)18(14)31(9)19)11-6-4-5-10-12(21(24,25)26)8-27-17(10)11;1-9-26-27-19-20(2,3)25-14-7-12(21)15(16(22)18(14)28(9)19)11-6-4-5-10-13(23)8-24-17(10)11;1-10-25-26-19-20(2,3)24-14-9-13(21)15(16(22)18(14)27(10)19)12-6-4-5-11-7-8-23-17(11)12;15-14(16,17)24(22,23)13(21)25(18,19,20,11-7-3-1-4-8-11)12-9-5-2-6-10-12;;;1-2/h4-8,27-28H,1-3H3;4-8,24-25H,1-3H3;4-9,23-24H,1-3H3;1-10,13,21H;2*1H4;. The van der Waals surface area contributed by atoms with Gasteiger partial charge < -0.3 is 36.0 Å². The quantitative estimate of drug-likeness (QED) is 0.0584. The van der Waals surface area contributed by atoms with E-state index in [2.05, 4.69) is 121 Å². The van der Waals surface area contributed by atoms with Gasteiger partial charge in [-0.2, -0.15) is 26.3 Å². The molecule has 9 heterocycles. The van der Waals surface area contributed by atoms with Gasteiger partial charge in [0.1, 0.15) is 61.4 Å². The lowest BCUT2D eigenvalue weighted by Gasteiger charge is -2.59. The van der Waals surface area contributed by atoms with Crippen LogP contribution >= 0.6 is 69.3 Å². The zero-order valence-corrected chi connectivity index (χ0v) is 68.1. The van der Waals surface area contributed by atoms with E-state index in [1.54, 1.807) is 68.1 Å². The highest BCUT2D eigenvalue weighted by atomic mass is 128. The molecular weight excluding hydrogens is 1910 g/mol. The van der Waals surface area contributed by atoms with E-state index in [-0.39, 0.29) is 65.2 Å². The van der Waals surface area contributed by atoms with E-state index >= 15 is 38.0 Å². The second-order valence-electron chi connectivity index (χ2n) is 28.0. The Bertz CT molecular complexity index is 6230. The van der Waals surface area contributed by atoms with E-state index < -0.39 is 108 Å². The Morgan fingerprint density at radius 3 is 1.19 bits per heavy atom. The molecule has 3 aliphatic rings. The van der Waals surface area contributed by atoms with Crippen molar-refractivity contribution in [2.45, 2.75) is 120 Å². The van der Waals surface area contributed by atoms with E-state index in [1.165, 1.54) is 47.0 Å². The predicted octanol–water partition coefficient (Wildman–Crippen LogP) is 23.5. The van der Waals surface area contributed by atoms with Crippen molar-refractivity contribution < 1.29 is 77.9 Å². The highest BCUT2D eigenvalue weighted by molar-refractivity contribution is 15.0. The Morgan fingerprint density at radius 1 is 0.470 bits per heavy atom. The molecule has 0 radical (unpaired) electrons. The summed E-state index contributed by atoms with van der Waals surface area (Å²) in [7, 11) is -16.0. The van der Waals surface area contributed by atoms with Gasteiger partial charge in [-0.3, -0.25) is 13.7 Å². The topological polar surface area (TPSA) is 230 Å². The first-order valence-corrected chi connectivity index (χ1v) is 44.7. The maximum Gasteiger partial charge on any atom is 0.501 e. The fourth-order valence-electron chi connectivity index (χ4n) is 14.2. The normalized spacial score (nSPS) is 14.9. The third-order valence-electron chi connectivity index (χ3n) is 19.4. The number of halogens is 18. The highest BCUT2D eigenvalue weighted by Crippen LogP contribution is 3.05. The number of aliphatic hydroxyl groups excluding tert-OH is 1. The molecule has 6 aromatic heterocycles. The van der Waals surface area contributed by atoms with Crippen LogP contribution in [0.25, 0.3) is 83.2 Å². The zero-order chi connectivity index (χ0) is 82.2. The van der Waals surface area contributed by atoms with Gasteiger partial charge in [0.15, 0.2) is 34.9 Å². The van der Waals surface area contributed by atoms with Gasteiger partial charge in [-0.05, 0) is 121 Å². The number of sulfone groups is 1. The number of benzene rings is 8. The van der Waals surface area contributed by atoms with Crippen molar-refractivity contribution in [1.82, 2.24) is 59.2 Å². The minimum absolute atomic E-state index is 0. The number of aromatic amines is 3. The summed E-state index contributed by atoms with van der Waals surface area (Å²) in [6, 6.07) is 28.2. The monoisotopic (exact) mass is 1980 g/mol. The Morgan fingerprint density at radius 2 is 0.817 bits per heavy atom. The summed E-state index contributed by atoms with van der Waals surface area (Å²) in [5, 5.41) is 45.5. The molecule has 0 amide bonds. The molecule has 18 nitrogen and oxygen atoms in total. The first-order chi connectivity index (χ1) is 52.9. The molecule has 1 unspecified atom stereocenters. The second-order valence-corrected chi connectivity index (χ2v) is 35.3. The smallest absolute Gasteiger partial charge is 0.371 e. The molecule has 0 fully saturated rings. The van der Waals surface area contributed by atoms with Gasteiger partial charge in [0.05, 0.1) is 82.3 Å². The number of fused-ring (bicyclic) bond motifs is 12. The maximum atomic E-state index is 15.9. The lowest BCUT2D eigenvalue weighted by Crippen LogP contribution is -2.45. The van der Waals surface area contributed by atoms with Gasteiger partial charge >= 0.3 is 11.7 Å². The van der Waals surface area contributed by atoms with Crippen molar-refractivity contribution in [3.8, 4) is 50.4 Å². The van der Waals surface area contributed by atoms with Crippen molar-refractivity contribution in [1.29, 1.82) is 0 Å². The molecule has 115 heavy (non-hydrogen) atoms. The number of aliphatic hydroxyl groups is 1. The zero-order valence-electron chi connectivity index (χ0n) is 60.0. The summed E-state index contributed by atoms with van der Waals surface area (Å²) in [6.45, 7) is 16.4. The molecule has 1 atom stereocenters. The molecule has 3 aliphatic heterocycles. The Hall–Kier alpha value is -9.40. The third kappa shape index (κ3) is 14.1. The first kappa shape index (κ1) is 86.5. The van der Waals surface area contributed by atoms with Crippen LogP contribution in [0.1, 0.15) is 96.9 Å². The number of nitrogens with one attached hydrogen (secondary N) is 6. The van der Waals surface area contributed by atoms with E-state index in [0.717, 1.165) is 50.9 Å². The van der Waals surface area contributed by atoms with Gasteiger partial charge in [0.25, 0.3) is 14.6 Å². The van der Waals surface area contributed by atoms with Crippen LogP contribution in [0.15, 0.2) is 168 Å². The number of rotatable bonds is 7. The molecule has 14 aromatic rings. The van der Waals surface area contributed by atoms with Crippen LogP contribution in [0.5, 0.6) is 0 Å².